The number of pyridine rings is 1. The molecular weight excluding hydrogens is 365 g/mol. The summed E-state index contributed by atoms with van der Waals surface area (Å²) in [6, 6.07) is 15.4. The number of hydrogen-bond donors (Lipinski definition) is 3. The second-order valence-electron chi connectivity index (χ2n) is 7.52. The second-order valence-corrected chi connectivity index (χ2v) is 7.52. The third kappa shape index (κ3) is 4.03. The van der Waals surface area contributed by atoms with Gasteiger partial charge in [0.25, 0.3) is 5.91 Å². The van der Waals surface area contributed by atoms with Crippen molar-refractivity contribution in [3.63, 3.8) is 0 Å². The molecule has 4 rings (SSSR count). The van der Waals surface area contributed by atoms with Crippen molar-refractivity contribution < 1.29 is 14.8 Å². The summed E-state index contributed by atoms with van der Waals surface area (Å²) in [5, 5.41) is 20.3. The lowest BCUT2D eigenvalue weighted by Crippen LogP contribution is -2.38. The van der Waals surface area contributed by atoms with Gasteiger partial charge in [-0.05, 0) is 58.9 Å². The smallest absolute Gasteiger partial charge is 0.422 e. The monoisotopic (exact) mass is 389 g/mol. The molecule has 1 aromatic heterocycles. The first kappa shape index (κ1) is 19.6. The van der Waals surface area contributed by atoms with Crippen molar-refractivity contribution in [2.45, 2.75) is 25.3 Å². The molecule has 3 aromatic rings. The first-order valence-electron chi connectivity index (χ1n) is 9.90. The SMILES string of the molecule is NCc1cccc(C2CCN(C(=O)c3ccc4c(B(O)O)nccc4c3)CC2)c1. The molecule has 0 aliphatic carbocycles. The highest BCUT2D eigenvalue weighted by Gasteiger charge is 2.25. The highest BCUT2D eigenvalue weighted by atomic mass is 16.4. The second kappa shape index (κ2) is 8.33. The van der Waals surface area contributed by atoms with Gasteiger partial charge >= 0.3 is 7.12 Å². The summed E-state index contributed by atoms with van der Waals surface area (Å²) in [4.78, 5) is 18.9. The Kier molecular flexibility index (Phi) is 5.62. The number of fused-ring (bicyclic) bond motifs is 1. The lowest BCUT2D eigenvalue weighted by molar-refractivity contribution is 0.0713. The number of hydrogen-bond acceptors (Lipinski definition) is 5. The number of nitrogens with two attached hydrogens (primary N) is 1. The molecule has 0 radical (unpaired) electrons. The van der Waals surface area contributed by atoms with Crippen LogP contribution in [0.4, 0.5) is 0 Å². The van der Waals surface area contributed by atoms with E-state index in [-0.39, 0.29) is 11.5 Å². The first-order valence-corrected chi connectivity index (χ1v) is 9.90. The minimum atomic E-state index is -1.64. The normalized spacial score (nSPS) is 14.9. The lowest BCUT2D eigenvalue weighted by Gasteiger charge is -2.32. The van der Waals surface area contributed by atoms with E-state index in [0.29, 0.717) is 36.5 Å². The van der Waals surface area contributed by atoms with Crippen LogP contribution in [0, 0.1) is 0 Å². The summed E-state index contributed by atoms with van der Waals surface area (Å²) < 4.78 is 0. The van der Waals surface area contributed by atoms with Crippen LogP contribution in [0.1, 0.15) is 40.2 Å². The first-order chi connectivity index (χ1) is 14.1. The zero-order valence-corrected chi connectivity index (χ0v) is 16.2. The fourth-order valence-electron chi connectivity index (χ4n) is 4.11. The molecule has 1 aliphatic heterocycles. The highest BCUT2D eigenvalue weighted by Crippen LogP contribution is 2.29. The number of nitrogens with zero attached hydrogens (tertiary/aromatic N) is 2. The Morgan fingerprint density at radius 1 is 1.14 bits per heavy atom. The van der Waals surface area contributed by atoms with Crippen LogP contribution in [0.2, 0.25) is 0 Å². The van der Waals surface area contributed by atoms with E-state index < -0.39 is 7.12 Å². The summed E-state index contributed by atoms with van der Waals surface area (Å²) in [5.41, 5.74) is 8.99. The maximum Gasteiger partial charge on any atom is 0.508 e. The van der Waals surface area contributed by atoms with E-state index in [0.717, 1.165) is 23.8 Å². The van der Waals surface area contributed by atoms with Gasteiger partial charge in [-0.25, -0.2) is 0 Å². The van der Waals surface area contributed by atoms with Gasteiger partial charge in [0.15, 0.2) is 0 Å². The number of amides is 1. The maximum atomic E-state index is 13.0. The van der Waals surface area contributed by atoms with Crippen molar-refractivity contribution in [1.82, 2.24) is 9.88 Å². The number of carbonyl (C=O) groups excluding carboxylic acids is 1. The molecule has 2 heterocycles. The largest absolute Gasteiger partial charge is 0.508 e. The molecule has 2 aromatic carbocycles. The maximum absolute atomic E-state index is 13.0. The van der Waals surface area contributed by atoms with E-state index in [1.165, 1.54) is 11.8 Å². The fraction of sp³-hybridized carbons (Fsp3) is 0.273. The molecule has 1 fully saturated rings. The molecule has 7 heteroatoms. The zero-order valence-electron chi connectivity index (χ0n) is 16.2. The number of rotatable bonds is 4. The number of likely N-dealkylation sites (tertiary alicyclic amines) is 1. The van der Waals surface area contributed by atoms with E-state index in [4.69, 9.17) is 5.73 Å². The third-order valence-electron chi connectivity index (χ3n) is 5.73. The van der Waals surface area contributed by atoms with E-state index in [1.54, 1.807) is 24.3 Å². The molecule has 0 unspecified atom stereocenters. The Morgan fingerprint density at radius 2 is 1.93 bits per heavy atom. The molecule has 0 bridgehead atoms. The highest BCUT2D eigenvalue weighted by molar-refractivity contribution is 6.60. The summed E-state index contributed by atoms with van der Waals surface area (Å²) in [5.74, 6) is 0.450. The van der Waals surface area contributed by atoms with Gasteiger partial charge in [0, 0.05) is 31.4 Å². The molecule has 148 valence electrons. The number of piperidine rings is 1. The van der Waals surface area contributed by atoms with Crippen LogP contribution in [0.25, 0.3) is 10.8 Å². The number of benzene rings is 2. The molecular formula is C22H24BN3O3. The average Bonchev–Trinajstić information content (AvgIpc) is 2.77. The summed E-state index contributed by atoms with van der Waals surface area (Å²) >= 11 is 0. The number of aromatic nitrogens is 1. The van der Waals surface area contributed by atoms with Gasteiger partial charge < -0.3 is 20.7 Å². The van der Waals surface area contributed by atoms with Crippen LogP contribution < -0.4 is 11.3 Å². The quantitative estimate of drug-likeness (QED) is 0.586. The molecule has 1 amide bonds. The predicted molar refractivity (Wildman–Crippen MR) is 114 cm³/mol. The predicted octanol–water partition coefficient (Wildman–Crippen LogP) is 1.39. The summed E-state index contributed by atoms with van der Waals surface area (Å²) in [7, 11) is -1.64. The lowest BCUT2D eigenvalue weighted by atomic mass is 9.82. The summed E-state index contributed by atoms with van der Waals surface area (Å²) in [6.45, 7) is 1.97. The Hall–Kier alpha value is -2.74. The van der Waals surface area contributed by atoms with Crippen molar-refractivity contribution in [1.29, 1.82) is 0 Å². The van der Waals surface area contributed by atoms with Crippen LogP contribution >= 0.6 is 0 Å². The van der Waals surface area contributed by atoms with Crippen molar-refractivity contribution in [2.75, 3.05) is 13.1 Å². The minimum absolute atomic E-state index is 0.00367. The standard InChI is InChI=1S/C22H24BN3O3/c24-14-15-2-1-3-17(12-15)16-7-10-26(11-8-16)22(27)19-4-5-20-18(13-19)6-9-25-21(20)23(28)29/h1-6,9,12-13,16,28-29H,7-8,10-11,14,24H2. The number of carbonyl (C=O) groups is 1. The van der Waals surface area contributed by atoms with E-state index in [9.17, 15) is 14.8 Å². The zero-order chi connectivity index (χ0) is 20.4. The van der Waals surface area contributed by atoms with Crippen LogP contribution in [-0.4, -0.2) is 46.0 Å². The molecule has 0 saturated carbocycles. The van der Waals surface area contributed by atoms with Crippen LogP contribution in [-0.2, 0) is 6.54 Å². The van der Waals surface area contributed by atoms with Crippen molar-refractivity contribution >= 4 is 29.4 Å². The van der Waals surface area contributed by atoms with Crippen LogP contribution in [0.3, 0.4) is 0 Å². The van der Waals surface area contributed by atoms with Crippen LogP contribution in [0.15, 0.2) is 54.7 Å². The van der Waals surface area contributed by atoms with Gasteiger partial charge in [-0.3, -0.25) is 9.78 Å². The van der Waals surface area contributed by atoms with Gasteiger partial charge in [0.2, 0.25) is 0 Å². The van der Waals surface area contributed by atoms with Gasteiger partial charge in [-0.2, -0.15) is 0 Å². The Bertz CT molecular complexity index is 1030. The van der Waals surface area contributed by atoms with E-state index in [2.05, 4.69) is 23.2 Å². The molecule has 29 heavy (non-hydrogen) atoms. The van der Waals surface area contributed by atoms with Crippen molar-refractivity contribution in [2.24, 2.45) is 5.73 Å². The third-order valence-corrected chi connectivity index (χ3v) is 5.73. The van der Waals surface area contributed by atoms with Gasteiger partial charge in [-0.1, -0.05) is 30.3 Å². The topological polar surface area (TPSA) is 99.7 Å². The molecule has 0 spiro atoms. The average molecular weight is 389 g/mol. The molecule has 0 atom stereocenters. The van der Waals surface area contributed by atoms with Gasteiger partial charge in [0.05, 0.1) is 5.59 Å². The minimum Gasteiger partial charge on any atom is -0.422 e. The van der Waals surface area contributed by atoms with Crippen molar-refractivity contribution in [3.8, 4) is 0 Å². The molecule has 6 nitrogen and oxygen atoms in total. The van der Waals surface area contributed by atoms with E-state index in [1.807, 2.05) is 11.0 Å². The fourth-order valence-corrected chi connectivity index (χ4v) is 4.11. The van der Waals surface area contributed by atoms with Crippen molar-refractivity contribution in [3.05, 3.63) is 71.4 Å². The van der Waals surface area contributed by atoms with Crippen LogP contribution in [0.5, 0.6) is 0 Å². The molecule has 4 N–H and O–H groups in total. The Morgan fingerprint density at radius 3 is 2.66 bits per heavy atom. The van der Waals surface area contributed by atoms with Gasteiger partial charge in [-0.15, -0.1) is 0 Å². The Balaban J connectivity index is 1.48. The Labute approximate surface area is 170 Å². The molecule has 1 aliphatic rings. The van der Waals surface area contributed by atoms with Gasteiger partial charge in [0.1, 0.15) is 0 Å². The molecule has 1 saturated heterocycles. The summed E-state index contributed by atoms with van der Waals surface area (Å²) in [6.07, 6.45) is 3.38. The van der Waals surface area contributed by atoms with E-state index >= 15 is 0 Å².